The smallest absolute Gasteiger partial charge is 0.317 e. The quantitative estimate of drug-likeness (QED) is 0.873. The van der Waals surface area contributed by atoms with Gasteiger partial charge in [0.05, 0.1) is 18.4 Å². The van der Waals surface area contributed by atoms with Gasteiger partial charge in [-0.1, -0.05) is 0 Å². The fourth-order valence-electron chi connectivity index (χ4n) is 2.73. The van der Waals surface area contributed by atoms with Crippen LogP contribution in [-0.4, -0.2) is 54.5 Å². The van der Waals surface area contributed by atoms with Crippen molar-refractivity contribution in [2.45, 2.75) is 0 Å². The SMILES string of the molecule is O=C(CNC(=O)N1CCN(c2ccc(F)cc2)CC1)Nc1cccnc1. The van der Waals surface area contributed by atoms with Gasteiger partial charge in [-0.2, -0.15) is 0 Å². The molecule has 2 heterocycles. The number of urea groups is 1. The van der Waals surface area contributed by atoms with Crippen LogP contribution in [0.1, 0.15) is 0 Å². The molecule has 1 fully saturated rings. The first-order valence-electron chi connectivity index (χ1n) is 8.35. The number of halogens is 1. The van der Waals surface area contributed by atoms with Crippen molar-refractivity contribution in [1.82, 2.24) is 15.2 Å². The van der Waals surface area contributed by atoms with Crippen molar-refractivity contribution < 1.29 is 14.0 Å². The monoisotopic (exact) mass is 357 g/mol. The molecule has 0 radical (unpaired) electrons. The van der Waals surface area contributed by atoms with Crippen molar-refractivity contribution in [1.29, 1.82) is 0 Å². The van der Waals surface area contributed by atoms with Crippen LogP contribution in [0.25, 0.3) is 0 Å². The molecule has 7 nitrogen and oxygen atoms in total. The average Bonchev–Trinajstić information content (AvgIpc) is 2.68. The van der Waals surface area contributed by atoms with E-state index in [9.17, 15) is 14.0 Å². The van der Waals surface area contributed by atoms with Gasteiger partial charge >= 0.3 is 6.03 Å². The Hall–Kier alpha value is -3.16. The highest BCUT2D eigenvalue weighted by molar-refractivity contribution is 5.94. The lowest BCUT2D eigenvalue weighted by Crippen LogP contribution is -2.52. The molecular weight excluding hydrogens is 337 g/mol. The number of amides is 3. The fourth-order valence-corrected chi connectivity index (χ4v) is 2.73. The van der Waals surface area contributed by atoms with Crippen LogP contribution in [0.5, 0.6) is 0 Å². The van der Waals surface area contributed by atoms with Crippen LogP contribution in [-0.2, 0) is 4.79 Å². The Labute approximate surface area is 150 Å². The van der Waals surface area contributed by atoms with E-state index >= 15 is 0 Å². The number of carbonyl (C=O) groups excluding carboxylic acids is 2. The fraction of sp³-hybridized carbons (Fsp3) is 0.278. The molecule has 0 aliphatic carbocycles. The molecule has 8 heteroatoms. The van der Waals surface area contributed by atoms with Gasteiger partial charge in [0.1, 0.15) is 5.82 Å². The van der Waals surface area contributed by atoms with Gasteiger partial charge in [-0.15, -0.1) is 0 Å². The maximum Gasteiger partial charge on any atom is 0.317 e. The molecule has 0 spiro atoms. The number of aromatic nitrogens is 1. The lowest BCUT2D eigenvalue weighted by atomic mass is 10.2. The lowest BCUT2D eigenvalue weighted by Gasteiger charge is -2.36. The summed E-state index contributed by atoms with van der Waals surface area (Å²) in [6.07, 6.45) is 3.15. The van der Waals surface area contributed by atoms with E-state index in [4.69, 9.17) is 0 Å². The van der Waals surface area contributed by atoms with Crippen LogP contribution in [0.3, 0.4) is 0 Å². The normalized spacial score (nSPS) is 14.0. The number of nitrogens with zero attached hydrogens (tertiary/aromatic N) is 3. The van der Waals surface area contributed by atoms with Gasteiger partial charge in [0.25, 0.3) is 0 Å². The zero-order chi connectivity index (χ0) is 18.4. The van der Waals surface area contributed by atoms with Gasteiger partial charge in [0.2, 0.25) is 5.91 Å². The Balaban J connectivity index is 1.42. The first-order valence-corrected chi connectivity index (χ1v) is 8.35. The van der Waals surface area contributed by atoms with Crippen LogP contribution in [0, 0.1) is 5.82 Å². The summed E-state index contributed by atoms with van der Waals surface area (Å²) in [5.41, 5.74) is 1.52. The van der Waals surface area contributed by atoms with Gasteiger partial charge < -0.3 is 20.4 Å². The second-order valence-electron chi connectivity index (χ2n) is 5.90. The molecule has 3 rings (SSSR count). The molecule has 2 aromatic rings. The minimum absolute atomic E-state index is 0.105. The Kier molecular flexibility index (Phi) is 5.62. The van der Waals surface area contributed by atoms with E-state index in [2.05, 4.69) is 20.5 Å². The van der Waals surface area contributed by atoms with Crippen LogP contribution in [0.4, 0.5) is 20.6 Å². The summed E-state index contributed by atoms with van der Waals surface area (Å²) in [4.78, 5) is 31.7. The predicted octanol–water partition coefficient (Wildman–Crippen LogP) is 1.69. The standard InChI is InChI=1S/C18H20FN5O2/c19-14-3-5-16(6-4-14)23-8-10-24(11-9-23)18(26)21-13-17(25)22-15-2-1-7-20-12-15/h1-7,12H,8-11,13H2,(H,21,26)(H,22,25). The molecule has 2 N–H and O–H groups in total. The molecule has 0 bridgehead atoms. The number of hydrogen-bond acceptors (Lipinski definition) is 4. The van der Waals surface area contributed by atoms with Crippen LogP contribution in [0.15, 0.2) is 48.8 Å². The van der Waals surface area contributed by atoms with Crippen LogP contribution in [0.2, 0.25) is 0 Å². The zero-order valence-electron chi connectivity index (χ0n) is 14.2. The summed E-state index contributed by atoms with van der Waals surface area (Å²) in [6.45, 7) is 2.27. The molecule has 0 saturated carbocycles. The topological polar surface area (TPSA) is 77.6 Å². The molecule has 26 heavy (non-hydrogen) atoms. The number of benzene rings is 1. The maximum atomic E-state index is 13.0. The van der Waals surface area contributed by atoms with E-state index in [1.54, 1.807) is 35.4 Å². The van der Waals surface area contributed by atoms with Crippen molar-refractivity contribution >= 4 is 23.3 Å². The molecule has 1 saturated heterocycles. The first kappa shape index (κ1) is 17.7. The minimum atomic E-state index is -0.309. The predicted molar refractivity (Wildman–Crippen MR) is 96.5 cm³/mol. The number of carbonyl (C=O) groups is 2. The third-order valence-electron chi connectivity index (χ3n) is 4.10. The van der Waals surface area contributed by atoms with Gasteiger partial charge in [-0.05, 0) is 36.4 Å². The highest BCUT2D eigenvalue weighted by atomic mass is 19.1. The molecule has 3 amide bonds. The van der Waals surface area contributed by atoms with E-state index in [1.165, 1.54) is 18.3 Å². The van der Waals surface area contributed by atoms with E-state index in [0.717, 1.165) is 5.69 Å². The number of nitrogens with one attached hydrogen (secondary N) is 2. The van der Waals surface area contributed by atoms with E-state index < -0.39 is 0 Å². The zero-order valence-corrected chi connectivity index (χ0v) is 14.2. The van der Waals surface area contributed by atoms with E-state index in [0.29, 0.717) is 31.9 Å². The molecule has 0 atom stereocenters. The molecule has 1 aliphatic rings. The summed E-state index contributed by atoms with van der Waals surface area (Å²) in [5, 5.41) is 5.28. The van der Waals surface area contributed by atoms with Crippen molar-refractivity contribution in [2.24, 2.45) is 0 Å². The van der Waals surface area contributed by atoms with Gasteiger partial charge in [-0.25, -0.2) is 9.18 Å². The third-order valence-corrected chi connectivity index (χ3v) is 4.10. The highest BCUT2D eigenvalue weighted by Gasteiger charge is 2.21. The number of anilines is 2. The van der Waals surface area contributed by atoms with Crippen molar-refractivity contribution in [3.63, 3.8) is 0 Å². The van der Waals surface area contributed by atoms with Crippen LogP contribution < -0.4 is 15.5 Å². The number of pyridine rings is 1. The van der Waals surface area contributed by atoms with Gasteiger partial charge in [0, 0.05) is 38.1 Å². The summed E-state index contributed by atoms with van der Waals surface area (Å²) in [6, 6.07) is 9.48. The summed E-state index contributed by atoms with van der Waals surface area (Å²) >= 11 is 0. The van der Waals surface area contributed by atoms with Gasteiger partial charge in [-0.3, -0.25) is 9.78 Å². The van der Waals surface area contributed by atoms with Gasteiger partial charge in [0.15, 0.2) is 0 Å². The minimum Gasteiger partial charge on any atom is -0.368 e. The summed E-state index contributed by atoms with van der Waals surface area (Å²) in [5.74, 6) is -0.576. The number of piperazine rings is 1. The van der Waals surface area contributed by atoms with Crippen LogP contribution >= 0.6 is 0 Å². The van der Waals surface area contributed by atoms with E-state index in [1.807, 2.05) is 0 Å². The molecule has 1 aromatic heterocycles. The molecule has 1 aromatic carbocycles. The number of hydrogen-bond donors (Lipinski definition) is 2. The highest BCUT2D eigenvalue weighted by Crippen LogP contribution is 2.16. The Bertz CT molecular complexity index is 746. The molecule has 136 valence electrons. The molecule has 1 aliphatic heterocycles. The lowest BCUT2D eigenvalue weighted by molar-refractivity contribution is -0.115. The second-order valence-corrected chi connectivity index (χ2v) is 5.90. The Morgan fingerprint density at radius 2 is 1.81 bits per heavy atom. The molecule has 0 unspecified atom stereocenters. The number of rotatable bonds is 4. The third kappa shape index (κ3) is 4.69. The molecular formula is C18H20FN5O2. The second kappa shape index (κ2) is 8.28. The largest absolute Gasteiger partial charge is 0.368 e. The van der Waals surface area contributed by atoms with Crippen molar-refractivity contribution in [3.05, 3.63) is 54.6 Å². The average molecular weight is 357 g/mol. The van der Waals surface area contributed by atoms with Crippen molar-refractivity contribution in [2.75, 3.05) is 42.9 Å². The first-order chi connectivity index (χ1) is 12.6. The summed E-state index contributed by atoms with van der Waals surface area (Å²) < 4.78 is 13.0. The Morgan fingerprint density at radius 3 is 2.46 bits per heavy atom. The van der Waals surface area contributed by atoms with Crippen molar-refractivity contribution in [3.8, 4) is 0 Å². The van der Waals surface area contributed by atoms with E-state index in [-0.39, 0.29) is 24.3 Å². The Morgan fingerprint density at radius 1 is 1.08 bits per heavy atom. The summed E-state index contributed by atoms with van der Waals surface area (Å²) in [7, 11) is 0. The maximum absolute atomic E-state index is 13.0.